The Bertz CT molecular complexity index is 968. The fourth-order valence-corrected chi connectivity index (χ4v) is 3.69. The number of H-pyrrole nitrogens is 1. The highest BCUT2D eigenvalue weighted by atomic mass is 15.3. The molecule has 2 aromatic carbocycles. The molecule has 25 heavy (non-hydrogen) atoms. The summed E-state index contributed by atoms with van der Waals surface area (Å²) in [4.78, 5) is 3.57. The monoisotopic (exact) mass is 331 g/mol. The lowest BCUT2D eigenvalue weighted by molar-refractivity contribution is 0.683. The van der Waals surface area contributed by atoms with Crippen LogP contribution in [0.1, 0.15) is 34.7 Å². The van der Waals surface area contributed by atoms with Crippen LogP contribution in [0.3, 0.4) is 0 Å². The number of nitrogens with one attached hydrogen (secondary N) is 3. The molecule has 4 rings (SSSR count). The van der Waals surface area contributed by atoms with Crippen molar-refractivity contribution in [2.24, 2.45) is 10.8 Å². The molecule has 0 aliphatic heterocycles. The van der Waals surface area contributed by atoms with E-state index in [2.05, 4.69) is 64.9 Å². The zero-order chi connectivity index (χ0) is 17.4. The fourth-order valence-electron chi connectivity index (χ4n) is 3.69. The Hall–Kier alpha value is -3.08. The number of benzene rings is 2. The quantitative estimate of drug-likeness (QED) is 0.329. The van der Waals surface area contributed by atoms with E-state index in [-0.39, 0.29) is 5.96 Å². The van der Waals surface area contributed by atoms with Crippen molar-refractivity contribution >= 4 is 22.6 Å². The summed E-state index contributed by atoms with van der Waals surface area (Å²) in [6.07, 6.45) is 1.77. The summed E-state index contributed by atoms with van der Waals surface area (Å²) in [7, 11) is 0. The molecule has 5 N–H and O–H groups in total. The van der Waals surface area contributed by atoms with Crippen LogP contribution in [0.2, 0.25) is 0 Å². The predicted molar refractivity (Wildman–Crippen MR) is 102 cm³/mol. The van der Waals surface area contributed by atoms with Crippen LogP contribution in [0.15, 0.2) is 53.6 Å². The van der Waals surface area contributed by atoms with Gasteiger partial charge in [-0.15, -0.1) is 0 Å². The maximum Gasteiger partial charge on any atom is 0.206 e. The van der Waals surface area contributed by atoms with E-state index in [9.17, 15) is 0 Å². The molecule has 0 saturated carbocycles. The number of aromatic amines is 1. The number of fused-ring (bicyclic) bond motifs is 3. The first kappa shape index (κ1) is 15.4. The molecule has 1 heterocycles. The van der Waals surface area contributed by atoms with Crippen LogP contribution in [-0.2, 0) is 6.42 Å². The third-order valence-electron chi connectivity index (χ3n) is 4.79. The Kier molecular flexibility index (Phi) is 3.76. The Balaban J connectivity index is 1.85. The van der Waals surface area contributed by atoms with Gasteiger partial charge in [-0.1, -0.05) is 42.0 Å². The van der Waals surface area contributed by atoms with Crippen molar-refractivity contribution < 1.29 is 0 Å². The summed E-state index contributed by atoms with van der Waals surface area (Å²) in [5.74, 6) is 0.210. The van der Waals surface area contributed by atoms with E-state index in [4.69, 9.17) is 11.1 Å². The SMILES string of the molecule is Cc1ccc2[nH]c3c(c2c1)/C(=N/NC(=N)N)CC(c1ccccc1)C3. The Morgan fingerprint density at radius 1 is 1.20 bits per heavy atom. The summed E-state index contributed by atoms with van der Waals surface area (Å²) in [6.45, 7) is 2.10. The van der Waals surface area contributed by atoms with E-state index in [1.54, 1.807) is 0 Å². The molecule has 0 amide bonds. The van der Waals surface area contributed by atoms with E-state index in [0.29, 0.717) is 5.92 Å². The molecule has 5 nitrogen and oxygen atoms in total. The highest BCUT2D eigenvalue weighted by Gasteiger charge is 2.28. The van der Waals surface area contributed by atoms with Gasteiger partial charge in [0.2, 0.25) is 5.96 Å². The first-order valence-corrected chi connectivity index (χ1v) is 8.45. The predicted octanol–water partition coefficient (Wildman–Crippen LogP) is 3.39. The summed E-state index contributed by atoms with van der Waals surface area (Å²) < 4.78 is 0. The average Bonchev–Trinajstić information content (AvgIpc) is 2.98. The van der Waals surface area contributed by atoms with Crippen LogP contribution < -0.4 is 11.2 Å². The molecule has 1 atom stereocenters. The number of aryl methyl sites for hydroxylation is 1. The molecular weight excluding hydrogens is 310 g/mol. The normalized spacial score (nSPS) is 18.3. The Labute approximate surface area is 146 Å². The van der Waals surface area contributed by atoms with Crippen molar-refractivity contribution in [3.8, 4) is 0 Å². The van der Waals surface area contributed by atoms with Gasteiger partial charge in [-0.25, -0.2) is 5.43 Å². The number of rotatable bonds is 2. The molecule has 1 aliphatic carbocycles. The zero-order valence-electron chi connectivity index (χ0n) is 14.1. The van der Waals surface area contributed by atoms with Crippen LogP contribution in [0.5, 0.6) is 0 Å². The van der Waals surface area contributed by atoms with Crippen LogP contribution >= 0.6 is 0 Å². The van der Waals surface area contributed by atoms with Gasteiger partial charge in [-0.05, 0) is 43.4 Å². The van der Waals surface area contributed by atoms with Gasteiger partial charge < -0.3 is 10.7 Å². The minimum atomic E-state index is -0.146. The third-order valence-corrected chi connectivity index (χ3v) is 4.79. The largest absolute Gasteiger partial charge is 0.369 e. The summed E-state index contributed by atoms with van der Waals surface area (Å²) in [5, 5.41) is 13.1. The molecular formula is C20H21N5. The van der Waals surface area contributed by atoms with E-state index < -0.39 is 0 Å². The van der Waals surface area contributed by atoms with Crippen LogP contribution in [-0.4, -0.2) is 16.7 Å². The maximum absolute atomic E-state index is 7.42. The van der Waals surface area contributed by atoms with Gasteiger partial charge in [0.25, 0.3) is 0 Å². The minimum absolute atomic E-state index is 0.146. The Morgan fingerprint density at radius 2 is 2.00 bits per heavy atom. The standard InChI is InChI=1S/C20H21N5/c1-12-7-8-16-15(9-12)19-17(23-16)10-14(13-5-3-2-4-6-13)11-18(19)24-25-20(21)22/h2-9,14,23H,10-11H2,1H3,(H4,21,22,25)/b24-18+. The summed E-state index contributed by atoms with van der Waals surface area (Å²) >= 11 is 0. The molecule has 1 aromatic heterocycles. The molecule has 0 spiro atoms. The summed E-state index contributed by atoms with van der Waals surface area (Å²) in [5.41, 5.74) is 15.0. The highest BCUT2D eigenvalue weighted by Crippen LogP contribution is 2.36. The second kappa shape index (κ2) is 6.09. The minimum Gasteiger partial charge on any atom is -0.369 e. The van der Waals surface area contributed by atoms with Crippen molar-refractivity contribution in [3.05, 3.63) is 70.9 Å². The van der Waals surface area contributed by atoms with Crippen LogP contribution in [0, 0.1) is 12.3 Å². The number of guanidine groups is 1. The van der Waals surface area contributed by atoms with Gasteiger partial charge in [0.1, 0.15) is 0 Å². The Morgan fingerprint density at radius 3 is 2.76 bits per heavy atom. The van der Waals surface area contributed by atoms with Crippen molar-refractivity contribution in [3.63, 3.8) is 0 Å². The first-order chi connectivity index (χ1) is 12.1. The van der Waals surface area contributed by atoms with Gasteiger partial charge >= 0.3 is 0 Å². The number of hydrazone groups is 1. The molecule has 0 saturated heterocycles. The van der Waals surface area contributed by atoms with Gasteiger partial charge in [-0.3, -0.25) is 5.41 Å². The number of hydrogen-bond acceptors (Lipinski definition) is 2. The second-order valence-corrected chi connectivity index (χ2v) is 6.63. The van der Waals surface area contributed by atoms with E-state index in [1.807, 2.05) is 6.07 Å². The molecule has 0 radical (unpaired) electrons. The van der Waals surface area contributed by atoms with E-state index >= 15 is 0 Å². The van der Waals surface area contributed by atoms with Gasteiger partial charge in [0.15, 0.2) is 0 Å². The topological polar surface area (TPSA) is 90.0 Å². The lowest BCUT2D eigenvalue weighted by Crippen LogP contribution is -2.28. The van der Waals surface area contributed by atoms with E-state index in [1.165, 1.54) is 22.2 Å². The molecule has 3 aromatic rings. The fraction of sp³-hybridized carbons (Fsp3) is 0.200. The molecule has 126 valence electrons. The number of aromatic nitrogens is 1. The summed E-state index contributed by atoms with van der Waals surface area (Å²) in [6, 6.07) is 16.9. The second-order valence-electron chi connectivity index (χ2n) is 6.63. The van der Waals surface area contributed by atoms with Gasteiger partial charge in [0, 0.05) is 22.2 Å². The molecule has 1 aliphatic rings. The number of hydrogen-bond donors (Lipinski definition) is 4. The van der Waals surface area contributed by atoms with E-state index in [0.717, 1.165) is 29.6 Å². The zero-order valence-corrected chi connectivity index (χ0v) is 14.1. The molecule has 0 fully saturated rings. The molecule has 5 heteroatoms. The molecule has 1 unspecified atom stereocenters. The molecule has 0 bridgehead atoms. The van der Waals surface area contributed by atoms with Crippen molar-refractivity contribution in [2.45, 2.75) is 25.7 Å². The lowest BCUT2D eigenvalue weighted by atomic mass is 9.81. The smallest absolute Gasteiger partial charge is 0.206 e. The lowest BCUT2D eigenvalue weighted by Gasteiger charge is -2.24. The van der Waals surface area contributed by atoms with Crippen LogP contribution in [0.4, 0.5) is 0 Å². The average molecular weight is 331 g/mol. The van der Waals surface area contributed by atoms with Crippen LogP contribution in [0.25, 0.3) is 10.9 Å². The van der Waals surface area contributed by atoms with Gasteiger partial charge in [-0.2, -0.15) is 5.10 Å². The number of nitrogens with two attached hydrogens (primary N) is 1. The highest BCUT2D eigenvalue weighted by molar-refractivity contribution is 6.13. The van der Waals surface area contributed by atoms with Crippen molar-refractivity contribution in [1.82, 2.24) is 10.4 Å². The van der Waals surface area contributed by atoms with Crippen molar-refractivity contribution in [1.29, 1.82) is 5.41 Å². The van der Waals surface area contributed by atoms with Crippen molar-refractivity contribution in [2.75, 3.05) is 0 Å². The van der Waals surface area contributed by atoms with Gasteiger partial charge in [0.05, 0.1) is 5.71 Å². The number of nitrogens with zero attached hydrogens (tertiary/aromatic N) is 1. The maximum atomic E-state index is 7.42. The third kappa shape index (κ3) is 2.89. The first-order valence-electron chi connectivity index (χ1n) is 8.45.